The van der Waals surface area contributed by atoms with Gasteiger partial charge in [0, 0.05) is 12.2 Å². The summed E-state index contributed by atoms with van der Waals surface area (Å²) < 4.78 is 5.24. The van der Waals surface area contributed by atoms with Crippen LogP contribution >= 0.6 is 0 Å². The first-order chi connectivity index (χ1) is 9.79. The first kappa shape index (κ1) is 13.7. The van der Waals surface area contributed by atoms with Gasteiger partial charge in [0.1, 0.15) is 5.76 Å². The molecule has 0 aliphatic carbocycles. The maximum atomic E-state index is 12.2. The Morgan fingerprint density at radius 1 is 1.25 bits per heavy atom. The van der Waals surface area contributed by atoms with Crippen LogP contribution < -0.4 is 5.32 Å². The lowest BCUT2D eigenvalue weighted by Crippen LogP contribution is -2.35. The zero-order chi connectivity index (χ0) is 14.2. The molecule has 0 saturated heterocycles. The molecule has 102 valence electrons. The van der Waals surface area contributed by atoms with Crippen LogP contribution in [-0.2, 0) is 6.54 Å². The highest BCUT2D eigenvalue weighted by atomic mass is 16.3. The van der Waals surface area contributed by atoms with E-state index in [1.165, 1.54) is 0 Å². The minimum atomic E-state index is -0.247. The highest BCUT2D eigenvalue weighted by molar-refractivity contribution is 5.89. The minimum absolute atomic E-state index is 0.247. The second-order valence-corrected chi connectivity index (χ2v) is 4.21. The number of carbonyl (C=O) groups excluding carboxylic acids is 1. The predicted octanol–water partition coefficient (Wildman–Crippen LogP) is 3.23. The number of carbonyl (C=O) groups is 1. The zero-order valence-electron chi connectivity index (χ0n) is 11.0. The number of rotatable bonds is 5. The summed E-state index contributed by atoms with van der Waals surface area (Å²) in [6.45, 7) is 0.698. The third kappa shape index (κ3) is 3.89. The molecule has 2 amide bonds. The average Bonchev–Trinajstić information content (AvgIpc) is 2.97. The Bertz CT molecular complexity index is 573. The van der Waals surface area contributed by atoms with Gasteiger partial charge in [0.05, 0.1) is 25.3 Å². The van der Waals surface area contributed by atoms with Crippen molar-refractivity contribution in [2.75, 3.05) is 11.9 Å². The van der Waals surface area contributed by atoms with Crippen LogP contribution in [0.4, 0.5) is 10.5 Å². The summed E-state index contributed by atoms with van der Waals surface area (Å²) in [5, 5.41) is 11.5. The van der Waals surface area contributed by atoms with Crippen LogP contribution in [0.2, 0.25) is 0 Å². The number of nitrogens with zero attached hydrogens (tertiary/aromatic N) is 2. The van der Waals surface area contributed by atoms with Gasteiger partial charge in [-0.25, -0.2) is 4.79 Å². The fourth-order valence-corrected chi connectivity index (χ4v) is 1.75. The van der Waals surface area contributed by atoms with E-state index in [9.17, 15) is 4.79 Å². The zero-order valence-corrected chi connectivity index (χ0v) is 11.0. The van der Waals surface area contributed by atoms with Gasteiger partial charge in [-0.2, -0.15) is 5.26 Å². The van der Waals surface area contributed by atoms with Crippen LogP contribution in [0.3, 0.4) is 0 Å². The lowest BCUT2D eigenvalue weighted by atomic mass is 10.3. The Morgan fingerprint density at radius 2 is 2.05 bits per heavy atom. The fraction of sp³-hybridized carbons (Fsp3) is 0.200. The molecule has 0 fully saturated rings. The molecule has 0 spiro atoms. The van der Waals surface area contributed by atoms with Crippen molar-refractivity contribution < 1.29 is 9.21 Å². The summed E-state index contributed by atoms with van der Waals surface area (Å²) in [5.74, 6) is 0.686. The lowest BCUT2D eigenvalue weighted by molar-refractivity contribution is 0.205. The molecule has 0 unspecified atom stereocenters. The topological polar surface area (TPSA) is 69.3 Å². The number of hydrogen-bond donors (Lipinski definition) is 1. The standard InChI is InChI=1S/C15H15N3O2/c16-9-5-10-18(12-14-8-4-11-20-14)15(19)17-13-6-2-1-3-7-13/h1-4,6-8,11H,5,10,12H2,(H,17,19). The van der Waals surface area contributed by atoms with E-state index in [1.807, 2.05) is 36.4 Å². The summed E-state index contributed by atoms with van der Waals surface area (Å²) in [5.41, 5.74) is 0.721. The second kappa shape index (κ2) is 7.00. The van der Waals surface area contributed by atoms with Gasteiger partial charge < -0.3 is 14.6 Å². The normalized spacial score (nSPS) is 9.75. The summed E-state index contributed by atoms with van der Waals surface area (Å²) >= 11 is 0. The fourth-order valence-electron chi connectivity index (χ4n) is 1.75. The van der Waals surface area contributed by atoms with Crippen LogP contribution in [0.5, 0.6) is 0 Å². The van der Waals surface area contributed by atoms with E-state index in [0.717, 1.165) is 5.69 Å². The van der Waals surface area contributed by atoms with Crippen LogP contribution in [0, 0.1) is 11.3 Å². The van der Waals surface area contributed by atoms with Gasteiger partial charge in [0.15, 0.2) is 0 Å². The van der Waals surface area contributed by atoms with Gasteiger partial charge in [-0.05, 0) is 24.3 Å². The number of nitrogens with one attached hydrogen (secondary N) is 1. The Morgan fingerprint density at radius 3 is 2.70 bits per heavy atom. The molecule has 0 saturated carbocycles. The third-order valence-electron chi connectivity index (χ3n) is 2.73. The van der Waals surface area contributed by atoms with Gasteiger partial charge in [-0.15, -0.1) is 0 Å². The van der Waals surface area contributed by atoms with Gasteiger partial charge in [-0.3, -0.25) is 0 Å². The molecule has 5 heteroatoms. The number of benzene rings is 1. The molecule has 1 N–H and O–H groups in total. The molecular formula is C15H15N3O2. The summed E-state index contributed by atoms with van der Waals surface area (Å²) in [4.78, 5) is 13.8. The van der Waals surface area contributed by atoms with Gasteiger partial charge in [0.2, 0.25) is 0 Å². The number of urea groups is 1. The van der Waals surface area contributed by atoms with E-state index in [2.05, 4.69) is 5.32 Å². The molecule has 0 aliphatic rings. The van der Waals surface area contributed by atoms with E-state index in [1.54, 1.807) is 23.3 Å². The van der Waals surface area contributed by atoms with Crippen molar-refractivity contribution in [3.8, 4) is 6.07 Å². The molecule has 5 nitrogen and oxygen atoms in total. The number of para-hydroxylation sites is 1. The van der Waals surface area contributed by atoms with Crippen molar-refractivity contribution in [3.05, 3.63) is 54.5 Å². The highest BCUT2D eigenvalue weighted by Gasteiger charge is 2.15. The molecular weight excluding hydrogens is 254 g/mol. The lowest BCUT2D eigenvalue weighted by Gasteiger charge is -2.21. The van der Waals surface area contributed by atoms with Crippen molar-refractivity contribution in [1.82, 2.24) is 4.90 Å². The molecule has 1 aromatic heterocycles. The van der Waals surface area contributed by atoms with Crippen LogP contribution in [0.25, 0.3) is 0 Å². The predicted molar refractivity (Wildman–Crippen MR) is 74.8 cm³/mol. The van der Waals surface area contributed by atoms with Crippen molar-refractivity contribution >= 4 is 11.7 Å². The number of hydrogen-bond acceptors (Lipinski definition) is 3. The first-order valence-electron chi connectivity index (χ1n) is 6.30. The quantitative estimate of drug-likeness (QED) is 0.906. The summed E-state index contributed by atoms with van der Waals surface area (Å²) in [6.07, 6.45) is 1.84. The van der Waals surface area contributed by atoms with Crippen LogP contribution in [0.1, 0.15) is 12.2 Å². The first-order valence-corrected chi connectivity index (χ1v) is 6.30. The largest absolute Gasteiger partial charge is 0.467 e. The van der Waals surface area contributed by atoms with E-state index in [4.69, 9.17) is 9.68 Å². The maximum Gasteiger partial charge on any atom is 0.322 e. The van der Waals surface area contributed by atoms with E-state index < -0.39 is 0 Å². The Labute approximate surface area is 117 Å². The minimum Gasteiger partial charge on any atom is -0.467 e. The molecule has 0 atom stereocenters. The Hall–Kier alpha value is -2.74. The van der Waals surface area contributed by atoms with E-state index in [0.29, 0.717) is 18.8 Å². The number of amides is 2. The monoisotopic (exact) mass is 269 g/mol. The molecule has 2 rings (SSSR count). The SMILES string of the molecule is N#CCCN(Cc1ccco1)C(=O)Nc1ccccc1. The van der Waals surface area contributed by atoms with Crippen molar-refractivity contribution in [2.24, 2.45) is 0 Å². The molecule has 0 radical (unpaired) electrons. The molecule has 2 aromatic rings. The van der Waals surface area contributed by atoms with Gasteiger partial charge >= 0.3 is 6.03 Å². The smallest absolute Gasteiger partial charge is 0.322 e. The molecule has 1 heterocycles. The van der Waals surface area contributed by atoms with Crippen LogP contribution in [-0.4, -0.2) is 17.5 Å². The summed E-state index contributed by atoms with van der Waals surface area (Å²) in [6, 6.07) is 14.6. The molecule has 20 heavy (non-hydrogen) atoms. The van der Waals surface area contributed by atoms with Gasteiger partial charge in [0.25, 0.3) is 0 Å². The maximum absolute atomic E-state index is 12.2. The molecule has 0 aliphatic heterocycles. The van der Waals surface area contributed by atoms with Crippen molar-refractivity contribution in [3.63, 3.8) is 0 Å². The molecule has 1 aromatic carbocycles. The number of anilines is 1. The molecule has 0 bridgehead atoms. The average molecular weight is 269 g/mol. The second-order valence-electron chi connectivity index (χ2n) is 4.21. The van der Waals surface area contributed by atoms with E-state index in [-0.39, 0.29) is 12.5 Å². The van der Waals surface area contributed by atoms with Crippen molar-refractivity contribution in [2.45, 2.75) is 13.0 Å². The van der Waals surface area contributed by atoms with E-state index >= 15 is 0 Å². The van der Waals surface area contributed by atoms with Crippen LogP contribution in [0.15, 0.2) is 53.1 Å². The number of nitriles is 1. The Kier molecular flexibility index (Phi) is 4.79. The van der Waals surface area contributed by atoms with Crippen molar-refractivity contribution in [1.29, 1.82) is 5.26 Å². The summed E-state index contributed by atoms with van der Waals surface area (Å²) in [7, 11) is 0. The Balaban J connectivity index is 2.02. The van der Waals surface area contributed by atoms with Gasteiger partial charge in [-0.1, -0.05) is 18.2 Å². The highest BCUT2D eigenvalue weighted by Crippen LogP contribution is 2.10. The third-order valence-corrected chi connectivity index (χ3v) is 2.73. The number of furan rings is 1.